The van der Waals surface area contributed by atoms with Crippen molar-refractivity contribution >= 4 is 26.6 Å². The molecule has 0 saturated carbocycles. The van der Waals surface area contributed by atoms with Crippen LogP contribution < -0.4 is 0 Å². The van der Waals surface area contributed by atoms with Crippen LogP contribution in [0.1, 0.15) is 60.6 Å². The van der Waals surface area contributed by atoms with Gasteiger partial charge in [0, 0.05) is 16.7 Å². The zero-order valence-corrected chi connectivity index (χ0v) is 20.0. The standard InChI is InChI=1S/C28H29O3P/c1-19-11-4-7-14-22(19)25(29)28(17-10-18-32,26(30)23-15-8-5-12-20(23)2)27(31)24-16-9-6-13-21(24)3/h4-9,11-16H,10,17-18,32H2,1-3H3. The van der Waals surface area contributed by atoms with Crippen LogP contribution in [-0.2, 0) is 0 Å². The van der Waals surface area contributed by atoms with E-state index in [1.54, 1.807) is 36.4 Å². The van der Waals surface area contributed by atoms with E-state index in [-0.39, 0.29) is 6.42 Å². The van der Waals surface area contributed by atoms with Crippen LogP contribution in [0.15, 0.2) is 72.8 Å². The normalized spacial score (nSPS) is 11.2. The molecule has 3 aromatic rings. The first kappa shape index (κ1) is 23.8. The molecular formula is C28H29O3P. The Morgan fingerprint density at radius 3 is 1.22 bits per heavy atom. The second kappa shape index (κ2) is 10.1. The summed E-state index contributed by atoms with van der Waals surface area (Å²) in [7, 11) is 2.63. The van der Waals surface area contributed by atoms with E-state index in [1.165, 1.54) is 0 Å². The first-order valence-electron chi connectivity index (χ1n) is 10.9. The molecule has 0 bridgehead atoms. The average Bonchev–Trinajstić information content (AvgIpc) is 2.80. The molecule has 3 aromatic carbocycles. The molecule has 0 aliphatic heterocycles. The topological polar surface area (TPSA) is 51.2 Å². The van der Waals surface area contributed by atoms with Gasteiger partial charge in [0.1, 0.15) is 0 Å². The van der Waals surface area contributed by atoms with Crippen LogP contribution in [0, 0.1) is 26.2 Å². The molecule has 164 valence electrons. The monoisotopic (exact) mass is 444 g/mol. The van der Waals surface area contributed by atoms with Crippen molar-refractivity contribution in [1.29, 1.82) is 0 Å². The van der Waals surface area contributed by atoms with Crippen molar-refractivity contribution in [2.24, 2.45) is 5.41 Å². The first-order valence-corrected chi connectivity index (χ1v) is 11.7. The second-order valence-corrected chi connectivity index (χ2v) is 8.81. The number of rotatable bonds is 9. The van der Waals surface area contributed by atoms with Crippen LogP contribution in [0.2, 0.25) is 0 Å². The van der Waals surface area contributed by atoms with Gasteiger partial charge in [-0.15, -0.1) is 9.24 Å². The quantitative estimate of drug-likeness (QED) is 0.224. The van der Waals surface area contributed by atoms with Gasteiger partial charge in [0.2, 0.25) is 0 Å². The zero-order valence-electron chi connectivity index (χ0n) is 18.9. The van der Waals surface area contributed by atoms with E-state index in [2.05, 4.69) is 9.24 Å². The summed E-state index contributed by atoms with van der Waals surface area (Å²) in [6, 6.07) is 21.5. The van der Waals surface area contributed by atoms with Crippen molar-refractivity contribution in [3.8, 4) is 0 Å². The number of carbonyl (C=O) groups is 3. The summed E-state index contributed by atoms with van der Waals surface area (Å²) < 4.78 is 0. The molecule has 0 saturated heterocycles. The summed E-state index contributed by atoms with van der Waals surface area (Å²) in [6.07, 6.45) is 1.40. The van der Waals surface area contributed by atoms with Crippen molar-refractivity contribution in [2.45, 2.75) is 33.6 Å². The van der Waals surface area contributed by atoms with Crippen molar-refractivity contribution in [1.82, 2.24) is 0 Å². The third-order valence-electron chi connectivity index (χ3n) is 6.09. The molecule has 0 heterocycles. The Hall–Kier alpha value is -2.90. The largest absolute Gasteiger partial charge is 0.293 e. The predicted octanol–water partition coefficient (Wildman–Crippen LogP) is 6.20. The van der Waals surface area contributed by atoms with Crippen LogP contribution in [0.4, 0.5) is 0 Å². The van der Waals surface area contributed by atoms with Gasteiger partial charge in [0.05, 0.1) is 0 Å². The lowest BCUT2D eigenvalue weighted by Gasteiger charge is -2.31. The summed E-state index contributed by atoms with van der Waals surface area (Å²) in [6.45, 7) is 5.51. The zero-order chi connectivity index (χ0) is 23.3. The maximum Gasteiger partial charge on any atom is 0.184 e. The molecular weight excluding hydrogens is 415 g/mol. The molecule has 0 fully saturated rings. The Morgan fingerprint density at radius 2 is 0.938 bits per heavy atom. The Balaban J connectivity index is 2.33. The molecule has 0 amide bonds. The number of aryl methyl sites for hydroxylation is 3. The van der Waals surface area contributed by atoms with E-state index >= 15 is 0 Å². The van der Waals surface area contributed by atoms with Crippen LogP contribution in [0.25, 0.3) is 0 Å². The maximum absolute atomic E-state index is 14.2. The Morgan fingerprint density at radius 1 is 0.625 bits per heavy atom. The van der Waals surface area contributed by atoms with Gasteiger partial charge in [-0.2, -0.15) is 0 Å². The van der Waals surface area contributed by atoms with Gasteiger partial charge in [0.25, 0.3) is 0 Å². The van der Waals surface area contributed by atoms with Gasteiger partial charge in [-0.1, -0.05) is 72.8 Å². The lowest BCUT2D eigenvalue weighted by molar-refractivity contribution is 0.0573. The number of hydrogen-bond acceptors (Lipinski definition) is 3. The minimum absolute atomic E-state index is 0.157. The number of benzene rings is 3. The minimum atomic E-state index is -1.82. The minimum Gasteiger partial charge on any atom is -0.293 e. The molecule has 3 nitrogen and oxygen atoms in total. The van der Waals surface area contributed by atoms with Gasteiger partial charge >= 0.3 is 0 Å². The molecule has 1 atom stereocenters. The third kappa shape index (κ3) is 4.36. The summed E-state index contributed by atoms with van der Waals surface area (Å²) in [4.78, 5) is 42.6. The Labute approximate surface area is 192 Å². The number of hydrogen-bond donors (Lipinski definition) is 0. The average molecular weight is 445 g/mol. The van der Waals surface area contributed by atoms with Crippen LogP contribution >= 0.6 is 9.24 Å². The van der Waals surface area contributed by atoms with E-state index in [0.29, 0.717) is 29.3 Å². The fourth-order valence-electron chi connectivity index (χ4n) is 4.19. The number of ketones is 3. The highest BCUT2D eigenvalue weighted by atomic mass is 31.0. The van der Waals surface area contributed by atoms with E-state index in [4.69, 9.17) is 0 Å². The molecule has 3 rings (SSSR count). The lowest BCUT2D eigenvalue weighted by atomic mass is 9.65. The van der Waals surface area contributed by atoms with Crippen LogP contribution in [-0.4, -0.2) is 23.5 Å². The molecule has 32 heavy (non-hydrogen) atoms. The highest BCUT2D eigenvalue weighted by molar-refractivity contribution is 7.16. The Kier molecular flexibility index (Phi) is 7.53. The van der Waals surface area contributed by atoms with Crippen LogP contribution in [0.5, 0.6) is 0 Å². The highest BCUT2D eigenvalue weighted by Crippen LogP contribution is 2.39. The van der Waals surface area contributed by atoms with Gasteiger partial charge in [0.15, 0.2) is 22.8 Å². The fourth-order valence-corrected chi connectivity index (χ4v) is 4.39. The molecule has 0 aromatic heterocycles. The second-order valence-electron chi connectivity index (χ2n) is 8.23. The molecule has 0 N–H and O–H groups in total. The van der Waals surface area contributed by atoms with Crippen molar-refractivity contribution < 1.29 is 14.4 Å². The van der Waals surface area contributed by atoms with Gasteiger partial charge in [-0.05, 0) is 56.5 Å². The van der Waals surface area contributed by atoms with Crippen molar-refractivity contribution in [3.05, 3.63) is 106 Å². The van der Waals surface area contributed by atoms with E-state index in [0.717, 1.165) is 16.7 Å². The molecule has 0 spiro atoms. The molecule has 0 aliphatic rings. The van der Waals surface area contributed by atoms with Crippen molar-refractivity contribution in [2.75, 3.05) is 6.16 Å². The first-order chi connectivity index (χ1) is 15.3. The summed E-state index contributed by atoms with van der Waals surface area (Å²) in [5, 5.41) is 0. The van der Waals surface area contributed by atoms with Gasteiger partial charge in [-0.3, -0.25) is 14.4 Å². The lowest BCUT2D eigenvalue weighted by Crippen LogP contribution is -2.47. The highest BCUT2D eigenvalue weighted by Gasteiger charge is 2.52. The fraction of sp³-hybridized carbons (Fsp3) is 0.250. The van der Waals surface area contributed by atoms with E-state index < -0.39 is 22.8 Å². The van der Waals surface area contributed by atoms with Crippen molar-refractivity contribution in [3.63, 3.8) is 0 Å². The van der Waals surface area contributed by atoms with Gasteiger partial charge in [-0.25, -0.2) is 0 Å². The van der Waals surface area contributed by atoms with Crippen LogP contribution in [0.3, 0.4) is 0 Å². The number of carbonyl (C=O) groups excluding carboxylic acids is 3. The smallest absolute Gasteiger partial charge is 0.184 e. The summed E-state index contributed by atoms with van der Waals surface area (Å²) >= 11 is 0. The van der Waals surface area contributed by atoms with E-state index in [1.807, 2.05) is 57.2 Å². The number of Topliss-reactive ketones (excluding diaryl/α,β-unsaturated/α-hetero) is 3. The Bertz CT molecular complexity index is 1020. The van der Waals surface area contributed by atoms with Gasteiger partial charge < -0.3 is 0 Å². The molecule has 0 radical (unpaired) electrons. The summed E-state index contributed by atoms with van der Waals surface area (Å²) in [5.74, 6) is -1.26. The third-order valence-corrected chi connectivity index (χ3v) is 6.50. The van der Waals surface area contributed by atoms with E-state index in [9.17, 15) is 14.4 Å². The SMILES string of the molecule is Cc1ccccc1C(=O)C(CCCP)(C(=O)c1ccccc1C)C(=O)c1ccccc1C. The molecule has 0 aliphatic carbocycles. The predicted molar refractivity (Wildman–Crippen MR) is 133 cm³/mol. The molecule has 4 heteroatoms. The maximum atomic E-state index is 14.2. The summed E-state index contributed by atoms with van der Waals surface area (Å²) in [5.41, 5.74) is 1.69. The molecule has 1 unspecified atom stereocenters.